The molecule has 1 aromatic heterocycles. The Labute approximate surface area is 141 Å². The van der Waals surface area contributed by atoms with Crippen molar-refractivity contribution in [1.29, 1.82) is 0 Å². The summed E-state index contributed by atoms with van der Waals surface area (Å²) in [5.41, 5.74) is 0.259. The van der Waals surface area contributed by atoms with Gasteiger partial charge in [0.25, 0.3) is 5.52 Å². The number of aromatic nitrogens is 2. The van der Waals surface area contributed by atoms with Gasteiger partial charge in [-0.25, -0.2) is 4.39 Å². The Balaban J connectivity index is 2.23. The van der Waals surface area contributed by atoms with Gasteiger partial charge in [-0.3, -0.25) is 0 Å². The molecule has 0 amide bonds. The Morgan fingerprint density at radius 2 is 2.00 bits per heavy atom. The standard InChI is InChI=1S/C17H15FN2O3S/c1-3-23-16-10-15-14(9-13(16)18)19(21)11(2)17(20(15)22)24-12-7-5-4-6-8-12/h4-10H,3H2,1-2H3. The molecule has 0 radical (unpaired) electrons. The van der Waals surface area contributed by atoms with Crippen LogP contribution in [-0.2, 0) is 0 Å². The molecular formula is C17H15FN2O3S. The number of ether oxygens (including phenoxy) is 1. The van der Waals surface area contributed by atoms with Crippen molar-refractivity contribution in [3.8, 4) is 5.75 Å². The first-order valence-corrected chi connectivity index (χ1v) is 8.19. The van der Waals surface area contributed by atoms with Crippen molar-refractivity contribution in [2.45, 2.75) is 23.8 Å². The quantitative estimate of drug-likeness (QED) is 0.672. The van der Waals surface area contributed by atoms with Crippen LogP contribution in [0.2, 0.25) is 0 Å². The number of hydrogen-bond acceptors (Lipinski definition) is 4. The topological polar surface area (TPSA) is 60.2 Å². The largest absolute Gasteiger partial charge is 0.805 e. The van der Waals surface area contributed by atoms with Crippen LogP contribution in [0.3, 0.4) is 0 Å². The SMILES string of the molecule is CCOc1cc2c(cc1F)n([O-])c(C)c(Sc1ccccc1)[n+]2=O. The number of hydrogen-bond donors (Lipinski definition) is 0. The van der Waals surface area contributed by atoms with Crippen molar-refractivity contribution < 1.29 is 13.6 Å². The summed E-state index contributed by atoms with van der Waals surface area (Å²) in [6, 6.07) is 11.6. The second-order valence-corrected chi connectivity index (χ2v) is 6.16. The summed E-state index contributed by atoms with van der Waals surface area (Å²) in [4.78, 5) is 13.6. The number of rotatable bonds is 4. The molecule has 2 aromatic carbocycles. The van der Waals surface area contributed by atoms with Gasteiger partial charge in [0, 0.05) is 15.9 Å². The van der Waals surface area contributed by atoms with E-state index >= 15 is 0 Å². The Morgan fingerprint density at radius 1 is 1.29 bits per heavy atom. The van der Waals surface area contributed by atoms with Gasteiger partial charge in [0.1, 0.15) is 5.52 Å². The first-order chi connectivity index (χ1) is 11.5. The fourth-order valence-electron chi connectivity index (χ4n) is 2.36. The Kier molecular flexibility index (Phi) is 4.44. The molecule has 7 heteroatoms. The normalized spacial score (nSPS) is 11.0. The lowest BCUT2D eigenvalue weighted by molar-refractivity contribution is -0.510. The van der Waals surface area contributed by atoms with Crippen molar-refractivity contribution in [2.24, 2.45) is 0 Å². The lowest BCUT2D eigenvalue weighted by atomic mass is 10.2. The molecule has 5 nitrogen and oxygen atoms in total. The molecule has 0 spiro atoms. The molecule has 124 valence electrons. The van der Waals surface area contributed by atoms with Crippen LogP contribution in [-0.4, -0.2) is 11.3 Å². The highest BCUT2D eigenvalue weighted by Gasteiger charge is 2.23. The van der Waals surface area contributed by atoms with Gasteiger partial charge in [0.05, 0.1) is 22.8 Å². The fraction of sp³-hybridized carbons (Fsp3) is 0.176. The van der Waals surface area contributed by atoms with Gasteiger partial charge >= 0.3 is 5.03 Å². The summed E-state index contributed by atoms with van der Waals surface area (Å²) in [6.07, 6.45) is 0. The van der Waals surface area contributed by atoms with Crippen molar-refractivity contribution >= 4 is 22.8 Å². The summed E-state index contributed by atoms with van der Waals surface area (Å²) >= 11 is 1.19. The van der Waals surface area contributed by atoms with E-state index < -0.39 is 5.82 Å². The Bertz CT molecular complexity index is 958. The number of benzene rings is 2. The second-order valence-electron chi connectivity index (χ2n) is 5.10. The molecule has 0 atom stereocenters. The van der Waals surface area contributed by atoms with E-state index in [1.165, 1.54) is 17.8 Å². The summed E-state index contributed by atoms with van der Waals surface area (Å²) in [7, 11) is 0. The maximum atomic E-state index is 14.0. The summed E-state index contributed by atoms with van der Waals surface area (Å²) in [5, 5.41) is 12.7. The lowest BCUT2D eigenvalue weighted by Crippen LogP contribution is -2.24. The van der Waals surface area contributed by atoms with Crippen molar-refractivity contribution in [3.63, 3.8) is 0 Å². The van der Waals surface area contributed by atoms with Crippen LogP contribution in [0.5, 0.6) is 5.75 Å². The molecule has 0 aliphatic rings. The van der Waals surface area contributed by atoms with E-state index in [0.717, 1.165) is 11.0 Å². The molecule has 0 aliphatic heterocycles. The van der Waals surface area contributed by atoms with Gasteiger partial charge in [-0.05, 0) is 37.7 Å². The van der Waals surface area contributed by atoms with E-state index in [1.54, 1.807) is 13.8 Å². The fourth-order valence-corrected chi connectivity index (χ4v) is 3.29. The average molecular weight is 346 g/mol. The van der Waals surface area contributed by atoms with E-state index in [9.17, 15) is 14.5 Å². The first-order valence-electron chi connectivity index (χ1n) is 7.37. The van der Waals surface area contributed by atoms with Crippen LogP contribution < -0.4 is 9.16 Å². The van der Waals surface area contributed by atoms with Crippen LogP contribution >= 0.6 is 11.8 Å². The summed E-state index contributed by atoms with van der Waals surface area (Å²) < 4.78 is 20.4. The summed E-state index contributed by atoms with van der Waals surface area (Å²) in [5.74, 6) is -0.717. The minimum atomic E-state index is -0.670. The molecule has 0 aliphatic carbocycles. The molecular weight excluding hydrogens is 331 g/mol. The zero-order valence-electron chi connectivity index (χ0n) is 13.2. The van der Waals surface area contributed by atoms with E-state index in [-0.39, 0.29) is 34.1 Å². The third kappa shape index (κ3) is 2.82. The number of nitrogens with zero attached hydrogens (tertiary/aromatic N) is 2. The maximum absolute atomic E-state index is 14.0. The van der Waals surface area contributed by atoms with Crippen LogP contribution in [0, 0.1) is 22.9 Å². The van der Waals surface area contributed by atoms with Gasteiger partial charge in [-0.1, -0.05) is 18.2 Å². The van der Waals surface area contributed by atoms with Crippen molar-refractivity contribution in [3.05, 3.63) is 64.1 Å². The highest BCUT2D eigenvalue weighted by Crippen LogP contribution is 2.30. The molecule has 0 N–H and O–H groups in total. The number of halogens is 1. The molecule has 3 rings (SSSR count). The smallest absolute Gasteiger partial charge is 0.320 e. The van der Waals surface area contributed by atoms with Crippen LogP contribution in [0.1, 0.15) is 12.6 Å². The van der Waals surface area contributed by atoms with Gasteiger partial charge in [0.2, 0.25) is 0 Å². The van der Waals surface area contributed by atoms with E-state index in [0.29, 0.717) is 9.16 Å². The zero-order chi connectivity index (χ0) is 17.3. The minimum absolute atomic E-state index is 0.0270. The Morgan fingerprint density at radius 3 is 2.67 bits per heavy atom. The van der Waals surface area contributed by atoms with Crippen LogP contribution in [0.15, 0.2) is 52.4 Å². The lowest BCUT2D eigenvalue weighted by Gasteiger charge is -2.17. The third-order valence-electron chi connectivity index (χ3n) is 3.52. The monoisotopic (exact) mass is 346 g/mol. The van der Waals surface area contributed by atoms with E-state index in [1.807, 2.05) is 30.3 Å². The maximum Gasteiger partial charge on any atom is 0.320 e. The van der Waals surface area contributed by atoms with Crippen molar-refractivity contribution in [2.75, 3.05) is 6.61 Å². The van der Waals surface area contributed by atoms with Gasteiger partial charge < -0.3 is 14.7 Å². The highest BCUT2D eigenvalue weighted by molar-refractivity contribution is 7.99. The van der Waals surface area contributed by atoms with Gasteiger partial charge in [0.15, 0.2) is 11.6 Å². The van der Waals surface area contributed by atoms with Crippen LogP contribution in [0.25, 0.3) is 11.0 Å². The van der Waals surface area contributed by atoms with Gasteiger partial charge in [-0.2, -0.15) is 0 Å². The first kappa shape index (κ1) is 16.3. The molecule has 0 saturated heterocycles. The minimum Gasteiger partial charge on any atom is -0.805 e. The molecule has 3 aromatic rings. The predicted octanol–water partition coefficient (Wildman–Crippen LogP) is 3.90. The van der Waals surface area contributed by atoms with E-state index in [2.05, 4.69) is 0 Å². The summed E-state index contributed by atoms with van der Waals surface area (Å²) in [6.45, 7) is 3.52. The molecule has 0 unspecified atom stereocenters. The third-order valence-corrected chi connectivity index (χ3v) is 4.69. The predicted molar refractivity (Wildman–Crippen MR) is 90.5 cm³/mol. The number of fused-ring (bicyclic) bond motifs is 1. The van der Waals surface area contributed by atoms with Crippen molar-refractivity contribution in [1.82, 2.24) is 4.73 Å². The highest BCUT2D eigenvalue weighted by atomic mass is 32.2. The van der Waals surface area contributed by atoms with E-state index in [4.69, 9.17) is 4.74 Å². The zero-order valence-corrected chi connectivity index (χ0v) is 14.0. The molecule has 0 bridgehead atoms. The van der Waals surface area contributed by atoms with Crippen LogP contribution in [0.4, 0.5) is 4.39 Å². The second kappa shape index (κ2) is 6.52. The molecule has 0 fully saturated rings. The molecule has 24 heavy (non-hydrogen) atoms. The Hall–Kier alpha value is -2.54. The molecule has 1 heterocycles. The average Bonchev–Trinajstić information content (AvgIpc) is 2.59. The van der Waals surface area contributed by atoms with Gasteiger partial charge in [-0.15, -0.1) is 0 Å². The molecule has 0 saturated carbocycles.